The van der Waals surface area contributed by atoms with Gasteiger partial charge in [-0.3, -0.25) is 14.7 Å². The van der Waals surface area contributed by atoms with Gasteiger partial charge in [-0.1, -0.05) is 0 Å². The largest absolute Gasteiger partial charge is 0.358 e. The van der Waals surface area contributed by atoms with Gasteiger partial charge in [0, 0.05) is 36.0 Å². The SMILES string of the molecule is CNC(=O)CN(C)C(=O)C1CCc2c(sc3ncnc(Nc4ccc5[nH]ncc5c4)c23)C1. The van der Waals surface area contributed by atoms with Crippen LogP contribution in [0.25, 0.3) is 21.1 Å². The highest BCUT2D eigenvalue weighted by molar-refractivity contribution is 7.19. The number of H-pyrrole nitrogens is 1. The molecule has 5 rings (SSSR count). The van der Waals surface area contributed by atoms with E-state index in [4.69, 9.17) is 0 Å². The lowest BCUT2D eigenvalue weighted by Gasteiger charge is -2.26. The number of nitrogens with one attached hydrogen (secondary N) is 3. The van der Waals surface area contributed by atoms with Crippen molar-refractivity contribution in [3.63, 3.8) is 0 Å². The molecule has 10 heteroatoms. The van der Waals surface area contributed by atoms with Gasteiger partial charge in [-0.15, -0.1) is 11.3 Å². The van der Waals surface area contributed by atoms with Gasteiger partial charge >= 0.3 is 0 Å². The Bertz CT molecular complexity index is 1330. The zero-order valence-electron chi connectivity index (χ0n) is 17.8. The number of aromatic nitrogens is 4. The highest BCUT2D eigenvalue weighted by Gasteiger charge is 2.31. The van der Waals surface area contributed by atoms with Gasteiger partial charge in [0.05, 0.1) is 23.6 Å². The first-order chi connectivity index (χ1) is 15.5. The van der Waals surface area contributed by atoms with Crippen molar-refractivity contribution in [1.82, 2.24) is 30.4 Å². The van der Waals surface area contributed by atoms with Crippen LogP contribution in [0.5, 0.6) is 0 Å². The molecule has 9 nitrogen and oxygen atoms in total. The summed E-state index contributed by atoms with van der Waals surface area (Å²) in [7, 11) is 3.26. The molecule has 1 aliphatic carbocycles. The summed E-state index contributed by atoms with van der Waals surface area (Å²) in [4.78, 5) is 37.1. The topological polar surface area (TPSA) is 116 Å². The number of benzene rings is 1. The van der Waals surface area contributed by atoms with Crippen LogP contribution in [0.15, 0.2) is 30.7 Å². The van der Waals surface area contributed by atoms with Crippen LogP contribution in [0.1, 0.15) is 16.9 Å². The molecule has 0 bridgehead atoms. The molecule has 32 heavy (non-hydrogen) atoms. The van der Waals surface area contributed by atoms with E-state index in [0.717, 1.165) is 45.5 Å². The van der Waals surface area contributed by atoms with Crippen LogP contribution < -0.4 is 10.6 Å². The number of anilines is 2. The van der Waals surface area contributed by atoms with Crippen LogP contribution >= 0.6 is 11.3 Å². The first kappa shape index (κ1) is 20.4. The standard InChI is InChI=1S/C22H23N7O2S/c1-23-18(30)10-29(2)22(31)12-3-5-15-17(8-12)32-21-19(15)20(24-11-25-21)27-14-4-6-16-13(7-14)9-26-28-16/h4,6-7,9,11-12H,3,5,8,10H2,1-2H3,(H,23,30)(H,26,28)(H,24,25,27). The molecule has 0 spiro atoms. The lowest BCUT2D eigenvalue weighted by molar-refractivity contribution is -0.138. The number of hydrogen-bond donors (Lipinski definition) is 3. The van der Waals surface area contributed by atoms with E-state index in [9.17, 15) is 9.59 Å². The Morgan fingerprint density at radius 3 is 3.03 bits per heavy atom. The quantitative estimate of drug-likeness (QED) is 0.431. The second-order valence-electron chi connectivity index (χ2n) is 8.01. The van der Waals surface area contributed by atoms with Gasteiger partial charge in [0.1, 0.15) is 17.0 Å². The Labute approximate surface area is 188 Å². The van der Waals surface area contributed by atoms with Crippen LogP contribution in [0.3, 0.4) is 0 Å². The Morgan fingerprint density at radius 1 is 1.31 bits per heavy atom. The highest BCUT2D eigenvalue weighted by atomic mass is 32.1. The Kier molecular flexibility index (Phi) is 5.22. The number of nitrogens with zero attached hydrogens (tertiary/aromatic N) is 4. The summed E-state index contributed by atoms with van der Waals surface area (Å²) in [5.41, 5.74) is 3.13. The van der Waals surface area contributed by atoms with E-state index in [0.29, 0.717) is 6.42 Å². The molecule has 2 amide bonds. The molecular weight excluding hydrogens is 426 g/mol. The maximum Gasteiger partial charge on any atom is 0.239 e. The average molecular weight is 450 g/mol. The van der Waals surface area contributed by atoms with Crippen LogP contribution in [-0.4, -0.2) is 57.5 Å². The van der Waals surface area contributed by atoms with Crippen LogP contribution in [0, 0.1) is 5.92 Å². The van der Waals surface area contributed by atoms with Gasteiger partial charge in [-0.2, -0.15) is 5.10 Å². The van der Waals surface area contributed by atoms with Gasteiger partial charge in [-0.05, 0) is 43.0 Å². The lowest BCUT2D eigenvalue weighted by atomic mass is 9.87. The van der Waals surface area contributed by atoms with Gasteiger partial charge in [0.25, 0.3) is 0 Å². The Hall–Kier alpha value is -3.53. The molecule has 3 aromatic heterocycles. The van der Waals surface area contributed by atoms with Crippen LogP contribution in [-0.2, 0) is 22.4 Å². The van der Waals surface area contributed by atoms with Crippen LogP contribution in [0.4, 0.5) is 11.5 Å². The van der Waals surface area contributed by atoms with Crippen molar-refractivity contribution in [3.05, 3.63) is 41.2 Å². The van der Waals surface area contributed by atoms with Crippen LogP contribution in [0.2, 0.25) is 0 Å². The molecule has 0 fully saturated rings. The molecule has 4 aromatic rings. The molecule has 0 aliphatic heterocycles. The minimum Gasteiger partial charge on any atom is -0.358 e. The molecule has 0 saturated heterocycles. The fraction of sp³-hybridized carbons (Fsp3) is 0.318. The summed E-state index contributed by atoms with van der Waals surface area (Å²) in [5.74, 6) is 0.489. The highest BCUT2D eigenvalue weighted by Crippen LogP contribution is 2.40. The number of carbonyl (C=O) groups is 2. The lowest BCUT2D eigenvalue weighted by Crippen LogP contribution is -2.41. The zero-order chi connectivity index (χ0) is 22.2. The van der Waals surface area contributed by atoms with E-state index in [-0.39, 0.29) is 24.3 Å². The average Bonchev–Trinajstić information content (AvgIpc) is 3.42. The fourth-order valence-electron chi connectivity index (χ4n) is 4.26. The number of aromatic amines is 1. The number of fused-ring (bicyclic) bond motifs is 4. The van der Waals surface area contributed by atoms with Crippen molar-refractivity contribution < 1.29 is 9.59 Å². The first-order valence-corrected chi connectivity index (χ1v) is 11.3. The molecule has 0 radical (unpaired) electrons. The number of carbonyl (C=O) groups excluding carboxylic acids is 2. The number of rotatable bonds is 5. The summed E-state index contributed by atoms with van der Waals surface area (Å²) < 4.78 is 0. The minimum atomic E-state index is -0.168. The second-order valence-corrected chi connectivity index (χ2v) is 9.09. The molecule has 1 aliphatic rings. The summed E-state index contributed by atoms with van der Waals surface area (Å²) in [6.45, 7) is 0.0751. The summed E-state index contributed by atoms with van der Waals surface area (Å²) in [6.07, 6.45) is 5.55. The third kappa shape index (κ3) is 3.66. The van der Waals surface area contributed by atoms with Gasteiger partial charge in [0.15, 0.2) is 0 Å². The predicted octanol–water partition coefficient (Wildman–Crippen LogP) is 2.62. The van der Waals surface area contributed by atoms with Crippen molar-refractivity contribution in [1.29, 1.82) is 0 Å². The summed E-state index contributed by atoms with van der Waals surface area (Å²) in [5, 5.41) is 15.1. The fourth-order valence-corrected chi connectivity index (χ4v) is 5.52. The molecule has 0 saturated carbocycles. The third-order valence-electron chi connectivity index (χ3n) is 5.93. The van der Waals surface area contributed by atoms with Gasteiger partial charge < -0.3 is 15.5 Å². The summed E-state index contributed by atoms with van der Waals surface area (Å²) in [6, 6.07) is 6.00. The molecular formula is C22H23N7O2S. The maximum atomic E-state index is 12.9. The van der Waals surface area contributed by atoms with E-state index in [1.165, 1.54) is 15.3 Å². The normalized spacial score (nSPS) is 15.5. The van der Waals surface area contributed by atoms with E-state index in [1.807, 2.05) is 18.2 Å². The third-order valence-corrected chi connectivity index (χ3v) is 7.10. The number of likely N-dealkylation sites (N-methyl/N-ethyl adjacent to an activating group) is 2. The minimum absolute atomic E-state index is 0.00885. The van der Waals surface area contributed by atoms with Crippen molar-refractivity contribution >= 4 is 55.8 Å². The second kappa shape index (κ2) is 8.19. The molecule has 1 atom stereocenters. The number of hydrogen-bond acceptors (Lipinski definition) is 7. The zero-order valence-corrected chi connectivity index (χ0v) is 18.6. The molecule has 1 unspecified atom stereocenters. The smallest absolute Gasteiger partial charge is 0.239 e. The number of thiophene rings is 1. The van der Waals surface area contributed by atoms with E-state index in [2.05, 4.69) is 30.8 Å². The van der Waals surface area contributed by atoms with Gasteiger partial charge in [0.2, 0.25) is 11.8 Å². The molecule has 3 N–H and O–H groups in total. The monoisotopic (exact) mass is 449 g/mol. The van der Waals surface area contributed by atoms with E-state index in [1.54, 1.807) is 38.0 Å². The molecule has 3 heterocycles. The Morgan fingerprint density at radius 2 is 2.19 bits per heavy atom. The van der Waals surface area contributed by atoms with Gasteiger partial charge in [-0.25, -0.2) is 9.97 Å². The van der Waals surface area contributed by atoms with Crippen molar-refractivity contribution in [2.24, 2.45) is 5.92 Å². The van der Waals surface area contributed by atoms with Crippen molar-refractivity contribution in [2.75, 3.05) is 26.0 Å². The number of amides is 2. The predicted molar refractivity (Wildman–Crippen MR) is 124 cm³/mol. The van der Waals surface area contributed by atoms with E-state index >= 15 is 0 Å². The summed E-state index contributed by atoms with van der Waals surface area (Å²) >= 11 is 1.62. The maximum absolute atomic E-state index is 12.9. The molecule has 164 valence electrons. The van der Waals surface area contributed by atoms with Crippen molar-refractivity contribution in [3.8, 4) is 0 Å². The number of aryl methyl sites for hydroxylation is 1. The Balaban J connectivity index is 1.41. The van der Waals surface area contributed by atoms with Crippen molar-refractivity contribution in [2.45, 2.75) is 19.3 Å². The van der Waals surface area contributed by atoms with E-state index < -0.39 is 0 Å². The first-order valence-electron chi connectivity index (χ1n) is 10.4. The molecule has 1 aromatic carbocycles.